The van der Waals surface area contributed by atoms with Crippen molar-refractivity contribution < 1.29 is 22.8 Å². The Morgan fingerprint density at radius 2 is 1.75 bits per heavy atom. The van der Waals surface area contributed by atoms with E-state index in [1.807, 2.05) is 31.2 Å². The van der Waals surface area contributed by atoms with Gasteiger partial charge in [0.05, 0.1) is 5.56 Å². The molecule has 9 heteroatoms. The maximum atomic E-state index is 13.4. The number of fused-ring (bicyclic) bond motifs is 1. The van der Waals surface area contributed by atoms with Crippen molar-refractivity contribution in [3.05, 3.63) is 65.2 Å². The van der Waals surface area contributed by atoms with E-state index >= 15 is 0 Å². The van der Waals surface area contributed by atoms with Gasteiger partial charge in [-0.25, -0.2) is 12.7 Å². The van der Waals surface area contributed by atoms with Crippen LogP contribution < -0.4 is 5.32 Å². The standard InChI is InChI=1S/C27H33N3O5S/c1-19-10-3-4-11-21(19)18-29(20(2)26(32)28-22-12-5-6-13-22)25(31)16-9-17-30-27(33)23-14-7-8-15-24(23)36(30,34)35/h3-4,7-8,10-11,14-15,20,22H,5-6,9,12-13,16-18H2,1-2H3,(H,28,32). The number of carbonyl (C=O) groups is 3. The lowest BCUT2D eigenvalue weighted by Crippen LogP contribution is -2.49. The average Bonchev–Trinajstić information content (AvgIpc) is 3.44. The summed E-state index contributed by atoms with van der Waals surface area (Å²) >= 11 is 0. The average molecular weight is 512 g/mol. The molecule has 0 bridgehead atoms. The number of hydrogen-bond acceptors (Lipinski definition) is 5. The maximum absolute atomic E-state index is 13.4. The van der Waals surface area contributed by atoms with Gasteiger partial charge in [0.15, 0.2) is 0 Å². The first-order valence-corrected chi connectivity index (χ1v) is 13.9. The highest BCUT2D eigenvalue weighted by atomic mass is 32.2. The van der Waals surface area contributed by atoms with Gasteiger partial charge >= 0.3 is 0 Å². The van der Waals surface area contributed by atoms with Crippen LogP contribution in [0.3, 0.4) is 0 Å². The number of amides is 3. The summed E-state index contributed by atoms with van der Waals surface area (Å²) in [6.07, 6.45) is 4.26. The van der Waals surface area contributed by atoms with E-state index < -0.39 is 22.0 Å². The molecule has 1 unspecified atom stereocenters. The third kappa shape index (κ3) is 5.31. The molecule has 2 aromatic rings. The molecule has 1 atom stereocenters. The molecule has 3 amide bonds. The second-order valence-electron chi connectivity index (χ2n) is 9.60. The molecule has 0 aromatic heterocycles. The van der Waals surface area contributed by atoms with Crippen LogP contribution in [-0.2, 0) is 26.2 Å². The molecule has 1 N–H and O–H groups in total. The van der Waals surface area contributed by atoms with Crippen molar-refractivity contribution in [2.45, 2.75) is 75.9 Å². The zero-order valence-electron chi connectivity index (χ0n) is 20.8. The number of benzene rings is 2. The molecule has 36 heavy (non-hydrogen) atoms. The van der Waals surface area contributed by atoms with Crippen LogP contribution in [0.4, 0.5) is 0 Å². The molecular weight excluding hydrogens is 478 g/mol. The van der Waals surface area contributed by atoms with Gasteiger partial charge in [-0.2, -0.15) is 0 Å². The van der Waals surface area contributed by atoms with Crippen molar-refractivity contribution in [3.8, 4) is 0 Å². The maximum Gasteiger partial charge on any atom is 0.269 e. The number of nitrogens with zero attached hydrogens (tertiary/aromatic N) is 2. The molecule has 0 radical (unpaired) electrons. The number of carbonyl (C=O) groups excluding carboxylic acids is 3. The lowest BCUT2D eigenvalue weighted by molar-refractivity contribution is -0.141. The number of sulfonamides is 1. The number of hydrogen-bond donors (Lipinski definition) is 1. The Labute approximate surface area is 212 Å². The monoisotopic (exact) mass is 511 g/mol. The minimum absolute atomic E-state index is 0.000267. The molecule has 4 rings (SSSR count). The molecule has 0 saturated heterocycles. The van der Waals surface area contributed by atoms with Crippen molar-refractivity contribution in [2.24, 2.45) is 0 Å². The molecule has 1 heterocycles. The molecule has 2 aromatic carbocycles. The van der Waals surface area contributed by atoms with Crippen molar-refractivity contribution in [2.75, 3.05) is 6.54 Å². The molecule has 1 saturated carbocycles. The lowest BCUT2D eigenvalue weighted by Gasteiger charge is -2.30. The van der Waals surface area contributed by atoms with Gasteiger partial charge in [0.25, 0.3) is 15.9 Å². The molecule has 2 aliphatic rings. The summed E-state index contributed by atoms with van der Waals surface area (Å²) in [5, 5.41) is 3.08. The minimum atomic E-state index is -3.92. The largest absolute Gasteiger partial charge is 0.352 e. The molecule has 0 spiro atoms. The summed E-state index contributed by atoms with van der Waals surface area (Å²) in [5.74, 6) is -1.01. The van der Waals surface area contributed by atoms with Crippen LogP contribution in [0, 0.1) is 6.92 Å². The van der Waals surface area contributed by atoms with Crippen molar-refractivity contribution in [3.63, 3.8) is 0 Å². The lowest BCUT2D eigenvalue weighted by atomic mass is 10.1. The van der Waals surface area contributed by atoms with E-state index in [-0.39, 0.29) is 54.2 Å². The summed E-state index contributed by atoms with van der Waals surface area (Å²) in [6.45, 7) is 3.87. The Bertz CT molecular complexity index is 1250. The van der Waals surface area contributed by atoms with Gasteiger partial charge in [-0.15, -0.1) is 0 Å². The van der Waals surface area contributed by atoms with E-state index in [1.54, 1.807) is 24.0 Å². The van der Waals surface area contributed by atoms with E-state index in [0.717, 1.165) is 41.1 Å². The van der Waals surface area contributed by atoms with E-state index in [1.165, 1.54) is 12.1 Å². The van der Waals surface area contributed by atoms with Crippen LogP contribution in [0.2, 0.25) is 0 Å². The van der Waals surface area contributed by atoms with Crippen molar-refractivity contribution in [1.82, 2.24) is 14.5 Å². The first kappa shape index (κ1) is 25.9. The summed E-state index contributed by atoms with van der Waals surface area (Å²) < 4.78 is 26.4. The fourth-order valence-corrected chi connectivity index (χ4v) is 6.52. The topological polar surface area (TPSA) is 104 Å². The van der Waals surface area contributed by atoms with E-state index in [2.05, 4.69) is 5.32 Å². The quantitative estimate of drug-likeness (QED) is 0.556. The SMILES string of the molecule is Cc1ccccc1CN(C(=O)CCCN1C(=O)c2ccccc2S1(=O)=O)C(C)C(=O)NC1CCCC1. The highest BCUT2D eigenvalue weighted by Crippen LogP contribution is 2.30. The smallest absolute Gasteiger partial charge is 0.269 e. The molecule has 1 aliphatic heterocycles. The molecule has 8 nitrogen and oxygen atoms in total. The summed E-state index contributed by atoms with van der Waals surface area (Å²) in [6, 6.07) is 13.3. The normalized spacial score (nSPS) is 17.6. The first-order valence-electron chi connectivity index (χ1n) is 12.5. The third-order valence-corrected chi connectivity index (χ3v) is 8.98. The summed E-state index contributed by atoms with van der Waals surface area (Å²) in [4.78, 5) is 40.6. The Balaban J connectivity index is 1.44. The number of aryl methyl sites for hydroxylation is 1. The molecule has 1 aliphatic carbocycles. The van der Waals surface area contributed by atoms with Crippen LogP contribution in [0.5, 0.6) is 0 Å². The molecular formula is C27H33N3O5S. The molecule has 1 fully saturated rings. The van der Waals surface area contributed by atoms with Gasteiger partial charge in [0, 0.05) is 25.6 Å². The Kier molecular flexibility index (Phi) is 7.78. The van der Waals surface area contributed by atoms with E-state index in [4.69, 9.17) is 0 Å². The number of nitrogens with one attached hydrogen (secondary N) is 1. The van der Waals surface area contributed by atoms with Gasteiger partial charge in [-0.1, -0.05) is 49.2 Å². The van der Waals surface area contributed by atoms with Crippen LogP contribution in [0.1, 0.15) is 66.9 Å². The fraction of sp³-hybridized carbons (Fsp3) is 0.444. The highest BCUT2D eigenvalue weighted by Gasteiger charge is 2.40. The minimum Gasteiger partial charge on any atom is -0.352 e. The molecule has 192 valence electrons. The van der Waals surface area contributed by atoms with Crippen molar-refractivity contribution in [1.29, 1.82) is 0 Å². The summed E-state index contributed by atoms with van der Waals surface area (Å²) in [5.41, 5.74) is 2.12. The Morgan fingerprint density at radius 1 is 1.08 bits per heavy atom. The van der Waals surface area contributed by atoms with Gasteiger partial charge in [0.1, 0.15) is 10.9 Å². The second kappa shape index (κ2) is 10.8. The van der Waals surface area contributed by atoms with Crippen LogP contribution in [-0.4, -0.2) is 54.0 Å². The van der Waals surface area contributed by atoms with Gasteiger partial charge < -0.3 is 10.2 Å². The van der Waals surface area contributed by atoms with Crippen LogP contribution in [0.15, 0.2) is 53.4 Å². The number of rotatable bonds is 9. The van der Waals surface area contributed by atoms with E-state index in [9.17, 15) is 22.8 Å². The third-order valence-electron chi connectivity index (χ3n) is 7.13. The Hall–Kier alpha value is -3.20. The van der Waals surface area contributed by atoms with E-state index in [0.29, 0.717) is 0 Å². The predicted molar refractivity (Wildman–Crippen MR) is 135 cm³/mol. The highest BCUT2D eigenvalue weighted by molar-refractivity contribution is 7.90. The van der Waals surface area contributed by atoms with Gasteiger partial charge in [-0.05, 0) is 56.4 Å². The van der Waals surface area contributed by atoms with Crippen molar-refractivity contribution >= 4 is 27.7 Å². The predicted octanol–water partition coefficient (Wildman–Crippen LogP) is 3.40. The fourth-order valence-electron chi connectivity index (χ4n) is 4.92. The van der Waals surface area contributed by atoms with Gasteiger partial charge in [0.2, 0.25) is 11.8 Å². The summed E-state index contributed by atoms with van der Waals surface area (Å²) in [7, 11) is -3.92. The second-order valence-corrected chi connectivity index (χ2v) is 11.4. The van der Waals surface area contributed by atoms with Crippen LogP contribution >= 0.6 is 0 Å². The van der Waals surface area contributed by atoms with Crippen LogP contribution in [0.25, 0.3) is 0 Å². The Morgan fingerprint density at radius 3 is 2.44 bits per heavy atom. The zero-order valence-corrected chi connectivity index (χ0v) is 21.6. The first-order chi connectivity index (χ1) is 17.2. The van der Waals surface area contributed by atoms with Gasteiger partial charge in [-0.3, -0.25) is 14.4 Å². The zero-order chi connectivity index (χ0) is 25.9.